The minimum atomic E-state index is -1.19. The molecule has 0 saturated heterocycles. The zero-order valence-electron chi connectivity index (χ0n) is 8.05. The molecule has 15 heavy (non-hydrogen) atoms. The first kappa shape index (κ1) is 11.1. The van der Waals surface area contributed by atoms with Crippen LogP contribution in [-0.4, -0.2) is 27.6 Å². The molecule has 0 aliphatic rings. The number of carbonyl (C=O) groups is 1. The smallest absolute Gasteiger partial charge is 0.358 e. The fourth-order valence-electron chi connectivity index (χ4n) is 0.950. The van der Waals surface area contributed by atoms with Crippen molar-refractivity contribution in [2.45, 2.75) is 6.42 Å². The van der Waals surface area contributed by atoms with E-state index in [1.54, 1.807) is 12.2 Å². The molecule has 0 unspecified atom stereocenters. The van der Waals surface area contributed by atoms with Crippen molar-refractivity contribution >= 4 is 17.9 Å². The van der Waals surface area contributed by atoms with E-state index < -0.39 is 5.97 Å². The predicted molar refractivity (Wildman–Crippen MR) is 56.1 cm³/mol. The van der Waals surface area contributed by atoms with Crippen LogP contribution < -0.4 is 11.5 Å². The van der Waals surface area contributed by atoms with E-state index in [2.05, 4.69) is 9.97 Å². The first-order valence-corrected chi connectivity index (χ1v) is 4.37. The molecule has 80 valence electrons. The molecular weight excluding hydrogens is 196 g/mol. The summed E-state index contributed by atoms with van der Waals surface area (Å²) in [5.41, 5.74) is 10.9. The van der Waals surface area contributed by atoms with E-state index in [0.29, 0.717) is 18.7 Å². The molecule has 0 bridgehead atoms. The maximum atomic E-state index is 10.7. The van der Waals surface area contributed by atoms with E-state index >= 15 is 0 Å². The molecule has 0 saturated carbocycles. The molecule has 0 aliphatic heterocycles. The van der Waals surface area contributed by atoms with E-state index in [1.807, 2.05) is 0 Å². The summed E-state index contributed by atoms with van der Waals surface area (Å²) in [6.45, 7) is 0.532. The van der Waals surface area contributed by atoms with Gasteiger partial charge in [-0.2, -0.15) is 0 Å². The quantitative estimate of drug-likeness (QED) is 0.647. The largest absolute Gasteiger partial charge is 0.476 e. The van der Waals surface area contributed by atoms with Gasteiger partial charge in [0.05, 0.1) is 11.9 Å². The van der Waals surface area contributed by atoms with Crippen molar-refractivity contribution in [2.75, 3.05) is 12.3 Å². The summed E-state index contributed by atoms with van der Waals surface area (Å²) in [7, 11) is 0. The van der Waals surface area contributed by atoms with Gasteiger partial charge in [0.15, 0.2) is 11.5 Å². The molecule has 0 atom stereocenters. The zero-order chi connectivity index (χ0) is 11.3. The number of aromatic nitrogens is 2. The maximum Gasteiger partial charge on any atom is 0.358 e. The molecule has 1 rings (SSSR count). The third-order valence-electron chi connectivity index (χ3n) is 1.64. The van der Waals surface area contributed by atoms with Gasteiger partial charge < -0.3 is 16.6 Å². The summed E-state index contributed by atoms with van der Waals surface area (Å²) in [6.07, 6.45) is 5.57. The lowest BCUT2D eigenvalue weighted by molar-refractivity contribution is 0.0691. The molecule has 0 aromatic carbocycles. The van der Waals surface area contributed by atoms with Crippen molar-refractivity contribution in [2.24, 2.45) is 5.73 Å². The standard InChI is InChI=1S/C9H12N4O2/c10-4-2-1-3-6-5-12-8(11)7(13-6)9(14)15/h1,3,5H,2,4,10H2,(H2,11,12)(H,14,15). The number of aromatic carboxylic acids is 1. The molecule has 1 aromatic rings. The second-order valence-electron chi connectivity index (χ2n) is 2.81. The van der Waals surface area contributed by atoms with Gasteiger partial charge in [-0.15, -0.1) is 0 Å². The van der Waals surface area contributed by atoms with Crippen LogP contribution in [0.15, 0.2) is 12.3 Å². The van der Waals surface area contributed by atoms with Crippen LogP contribution in [0.5, 0.6) is 0 Å². The number of nitrogens with zero attached hydrogens (tertiary/aromatic N) is 2. The van der Waals surface area contributed by atoms with Crippen LogP contribution >= 0.6 is 0 Å². The van der Waals surface area contributed by atoms with Gasteiger partial charge in [0.1, 0.15) is 0 Å². The Hall–Kier alpha value is -1.95. The minimum Gasteiger partial charge on any atom is -0.476 e. The Balaban J connectivity index is 2.92. The topological polar surface area (TPSA) is 115 Å². The lowest BCUT2D eigenvalue weighted by atomic mass is 10.3. The molecule has 0 amide bonds. The van der Waals surface area contributed by atoms with Crippen LogP contribution in [0.25, 0.3) is 6.08 Å². The number of carboxylic acid groups (broad SMARTS) is 1. The lowest BCUT2D eigenvalue weighted by Gasteiger charge is -1.99. The molecular formula is C9H12N4O2. The van der Waals surface area contributed by atoms with Crippen molar-refractivity contribution in [1.82, 2.24) is 9.97 Å². The van der Waals surface area contributed by atoms with E-state index in [1.165, 1.54) is 6.20 Å². The Labute approximate surface area is 86.6 Å². The van der Waals surface area contributed by atoms with Crippen molar-refractivity contribution in [1.29, 1.82) is 0 Å². The maximum absolute atomic E-state index is 10.7. The molecule has 5 N–H and O–H groups in total. The van der Waals surface area contributed by atoms with Crippen molar-refractivity contribution in [3.8, 4) is 0 Å². The number of nitrogen functional groups attached to an aromatic ring is 1. The van der Waals surface area contributed by atoms with E-state index in [-0.39, 0.29) is 11.5 Å². The van der Waals surface area contributed by atoms with Gasteiger partial charge in [-0.3, -0.25) is 0 Å². The third kappa shape index (κ3) is 3.03. The van der Waals surface area contributed by atoms with E-state index in [4.69, 9.17) is 16.6 Å². The number of rotatable bonds is 4. The molecule has 0 radical (unpaired) electrons. The van der Waals surface area contributed by atoms with Crippen molar-refractivity contribution < 1.29 is 9.90 Å². The van der Waals surface area contributed by atoms with Gasteiger partial charge in [-0.25, -0.2) is 14.8 Å². The van der Waals surface area contributed by atoms with Gasteiger partial charge in [-0.05, 0) is 19.0 Å². The molecule has 0 aliphatic carbocycles. The highest BCUT2D eigenvalue weighted by Crippen LogP contribution is 2.07. The predicted octanol–water partition coefficient (Wildman–Crippen LogP) is 0.119. The highest BCUT2D eigenvalue weighted by Gasteiger charge is 2.10. The number of carboxylic acids is 1. The number of nitrogens with two attached hydrogens (primary N) is 2. The monoisotopic (exact) mass is 208 g/mol. The molecule has 1 heterocycles. The number of hydrogen-bond acceptors (Lipinski definition) is 5. The Bertz CT molecular complexity index is 390. The second kappa shape index (κ2) is 5.06. The van der Waals surface area contributed by atoms with Gasteiger partial charge in [0.25, 0.3) is 0 Å². The summed E-state index contributed by atoms with van der Waals surface area (Å²) < 4.78 is 0. The summed E-state index contributed by atoms with van der Waals surface area (Å²) >= 11 is 0. The van der Waals surface area contributed by atoms with Crippen molar-refractivity contribution in [3.05, 3.63) is 23.7 Å². The average molecular weight is 208 g/mol. The molecule has 1 aromatic heterocycles. The second-order valence-corrected chi connectivity index (χ2v) is 2.81. The number of anilines is 1. The summed E-state index contributed by atoms with van der Waals surface area (Å²) in [6, 6.07) is 0. The zero-order valence-corrected chi connectivity index (χ0v) is 8.05. The van der Waals surface area contributed by atoms with Gasteiger partial charge in [0, 0.05) is 0 Å². The molecule has 0 fully saturated rings. The van der Waals surface area contributed by atoms with Crippen LogP contribution in [0.4, 0.5) is 5.82 Å². The van der Waals surface area contributed by atoms with Crippen LogP contribution in [-0.2, 0) is 0 Å². The Morgan fingerprint density at radius 3 is 2.93 bits per heavy atom. The molecule has 6 nitrogen and oxygen atoms in total. The normalized spacial score (nSPS) is 10.7. The minimum absolute atomic E-state index is 0.0847. The highest BCUT2D eigenvalue weighted by molar-refractivity contribution is 5.90. The lowest BCUT2D eigenvalue weighted by Crippen LogP contribution is -2.08. The summed E-state index contributed by atoms with van der Waals surface area (Å²) in [5, 5.41) is 8.74. The van der Waals surface area contributed by atoms with E-state index in [0.717, 1.165) is 0 Å². The summed E-state index contributed by atoms with van der Waals surface area (Å²) in [5.74, 6) is -1.27. The van der Waals surface area contributed by atoms with Gasteiger partial charge in [-0.1, -0.05) is 6.08 Å². The molecule has 0 spiro atoms. The van der Waals surface area contributed by atoms with Crippen LogP contribution in [0.3, 0.4) is 0 Å². The highest BCUT2D eigenvalue weighted by atomic mass is 16.4. The third-order valence-corrected chi connectivity index (χ3v) is 1.64. The first-order valence-electron chi connectivity index (χ1n) is 4.37. The SMILES string of the molecule is NCCC=Cc1cnc(N)c(C(=O)O)n1. The summed E-state index contributed by atoms with van der Waals surface area (Å²) in [4.78, 5) is 18.2. The van der Waals surface area contributed by atoms with Crippen molar-refractivity contribution in [3.63, 3.8) is 0 Å². The van der Waals surface area contributed by atoms with Crippen LogP contribution in [0.2, 0.25) is 0 Å². The fraction of sp³-hybridized carbons (Fsp3) is 0.222. The average Bonchev–Trinajstić information content (AvgIpc) is 2.20. The Morgan fingerprint density at radius 1 is 1.60 bits per heavy atom. The molecule has 6 heteroatoms. The van der Waals surface area contributed by atoms with E-state index in [9.17, 15) is 4.79 Å². The Kier molecular flexibility index (Phi) is 3.75. The number of hydrogen-bond donors (Lipinski definition) is 3. The fourth-order valence-corrected chi connectivity index (χ4v) is 0.950. The van der Waals surface area contributed by atoms with Gasteiger partial charge >= 0.3 is 5.97 Å². The Morgan fingerprint density at radius 2 is 2.33 bits per heavy atom. The van der Waals surface area contributed by atoms with Gasteiger partial charge in [0.2, 0.25) is 0 Å². The van der Waals surface area contributed by atoms with Crippen LogP contribution in [0, 0.1) is 0 Å². The van der Waals surface area contributed by atoms with Crippen LogP contribution in [0.1, 0.15) is 22.6 Å². The first-order chi connectivity index (χ1) is 7.15.